The smallest absolute Gasteiger partial charge is 0.275 e. The van der Waals surface area contributed by atoms with Gasteiger partial charge in [0, 0.05) is 26.5 Å². The maximum atomic E-state index is 11.8. The molecule has 2 aromatic rings. The fourth-order valence-electron chi connectivity index (χ4n) is 1.43. The number of nitrogens with one attached hydrogen (secondary N) is 1. The number of furan rings is 1. The number of hydrogen-bond donors (Lipinski definition) is 1. The van der Waals surface area contributed by atoms with E-state index >= 15 is 0 Å². The molecule has 0 amide bonds. The molecule has 0 aliphatic heterocycles. The lowest BCUT2D eigenvalue weighted by molar-refractivity contribution is 0.402. The molecular weight excluding hydrogens is 266 g/mol. The van der Waals surface area contributed by atoms with Gasteiger partial charge in [-0.15, -0.1) is 0 Å². The standard InChI is InChI=1S/C12H15N3O3S/c1-15(2)19(16,17)12-6-5-11(18-12)9-14-10-4-3-7-13-8-10/h3-8,14H,9H2,1-2H3. The number of nitrogens with zero attached hydrogens (tertiary/aromatic N) is 2. The summed E-state index contributed by atoms with van der Waals surface area (Å²) in [6, 6.07) is 6.77. The van der Waals surface area contributed by atoms with Gasteiger partial charge in [-0.1, -0.05) is 0 Å². The van der Waals surface area contributed by atoms with Crippen LogP contribution >= 0.6 is 0 Å². The van der Waals surface area contributed by atoms with Crippen LogP contribution in [0, 0.1) is 0 Å². The topological polar surface area (TPSA) is 75.4 Å². The summed E-state index contributed by atoms with van der Waals surface area (Å²) in [5.41, 5.74) is 0.843. The van der Waals surface area contributed by atoms with Crippen molar-refractivity contribution in [3.05, 3.63) is 42.4 Å². The van der Waals surface area contributed by atoms with Crippen molar-refractivity contribution in [1.82, 2.24) is 9.29 Å². The molecule has 1 N–H and O–H groups in total. The second-order valence-corrected chi connectivity index (χ2v) is 6.19. The molecule has 0 bridgehead atoms. The van der Waals surface area contributed by atoms with Crippen molar-refractivity contribution in [2.45, 2.75) is 11.6 Å². The first-order chi connectivity index (χ1) is 9.00. The molecular formula is C12H15N3O3S. The summed E-state index contributed by atoms with van der Waals surface area (Å²) >= 11 is 0. The fraction of sp³-hybridized carbons (Fsp3) is 0.250. The Morgan fingerprint density at radius 2 is 2.11 bits per heavy atom. The van der Waals surface area contributed by atoms with Gasteiger partial charge in [-0.25, -0.2) is 12.7 Å². The molecule has 2 heterocycles. The molecule has 0 aliphatic rings. The number of anilines is 1. The summed E-state index contributed by atoms with van der Waals surface area (Å²) in [5, 5.41) is 3.04. The summed E-state index contributed by atoms with van der Waals surface area (Å²) in [4.78, 5) is 3.97. The van der Waals surface area contributed by atoms with E-state index in [1.807, 2.05) is 12.1 Å². The van der Waals surface area contributed by atoms with Crippen LogP contribution in [0.4, 0.5) is 5.69 Å². The van der Waals surface area contributed by atoms with Crippen LogP contribution in [0.15, 0.2) is 46.2 Å². The Morgan fingerprint density at radius 3 is 2.74 bits per heavy atom. The average molecular weight is 281 g/mol. The number of rotatable bonds is 5. The van der Waals surface area contributed by atoms with Crippen LogP contribution in [0.25, 0.3) is 0 Å². The first kappa shape index (κ1) is 13.6. The third kappa shape index (κ3) is 3.12. The van der Waals surface area contributed by atoms with Crippen molar-refractivity contribution in [3.8, 4) is 0 Å². The zero-order valence-corrected chi connectivity index (χ0v) is 11.5. The number of hydrogen-bond acceptors (Lipinski definition) is 5. The highest BCUT2D eigenvalue weighted by Gasteiger charge is 2.21. The predicted octanol–water partition coefficient (Wildman–Crippen LogP) is 1.54. The molecule has 0 unspecified atom stereocenters. The van der Waals surface area contributed by atoms with Crippen LogP contribution < -0.4 is 5.32 Å². The molecule has 2 rings (SSSR count). The number of aromatic nitrogens is 1. The second-order valence-electron chi connectivity index (χ2n) is 4.10. The van der Waals surface area contributed by atoms with Gasteiger partial charge in [-0.3, -0.25) is 4.98 Å². The van der Waals surface area contributed by atoms with Crippen molar-refractivity contribution in [3.63, 3.8) is 0 Å². The normalized spacial score (nSPS) is 11.7. The molecule has 0 saturated heterocycles. The highest BCUT2D eigenvalue weighted by molar-refractivity contribution is 7.88. The van der Waals surface area contributed by atoms with Crippen molar-refractivity contribution >= 4 is 15.7 Å². The Bertz CT molecular complexity index is 635. The third-order valence-electron chi connectivity index (χ3n) is 2.50. The lowest BCUT2D eigenvalue weighted by Gasteiger charge is -2.08. The van der Waals surface area contributed by atoms with Gasteiger partial charge >= 0.3 is 0 Å². The van der Waals surface area contributed by atoms with Crippen LogP contribution in [0.2, 0.25) is 0 Å². The van der Waals surface area contributed by atoms with Gasteiger partial charge in [0.25, 0.3) is 10.0 Å². The first-order valence-corrected chi connectivity index (χ1v) is 7.09. The number of pyridine rings is 1. The third-order valence-corrected chi connectivity index (χ3v) is 4.19. The van der Waals surface area contributed by atoms with Gasteiger partial charge in [0.05, 0.1) is 12.2 Å². The van der Waals surface area contributed by atoms with Gasteiger partial charge in [0.2, 0.25) is 5.09 Å². The van der Waals surface area contributed by atoms with Gasteiger partial charge < -0.3 is 9.73 Å². The van der Waals surface area contributed by atoms with E-state index in [1.165, 1.54) is 20.2 Å². The minimum atomic E-state index is -3.51. The zero-order valence-electron chi connectivity index (χ0n) is 10.7. The van der Waals surface area contributed by atoms with Crippen molar-refractivity contribution in [2.24, 2.45) is 0 Å². The van der Waals surface area contributed by atoms with Gasteiger partial charge in [-0.2, -0.15) is 0 Å². The van der Waals surface area contributed by atoms with Gasteiger partial charge in [-0.05, 0) is 24.3 Å². The maximum Gasteiger partial charge on any atom is 0.275 e. The van der Waals surface area contributed by atoms with Crippen LogP contribution in [0.5, 0.6) is 0 Å². The molecule has 0 radical (unpaired) electrons. The van der Waals surface area contributed by atoms with E-state index in [0.717, 1.165) is 9.99 Å². The van der Waals surface area contributed by atoms with E-state index in [2.05, 4.69) is 10.3 Å². The van der Waals surface area contributed by atoms with E-state index in [0.29, 0.717) is 12.3 Å². The molecule has 102 valence electrons. The minimum Gasteiger partial charge on any atom is -0.446 e. The molecule has 0 fully saturated rings. The second kappa shape index (κ2) is 5.41. The van der Waals surface area contributed by atoms with E-state index in [4.69, 9.17) is 4.42 Å². The first-order valence-electron chi connectivity index (χ1n) is 5.65. The lowest BCUT2D eigenvalue weighted by Crippen LogP contribution is -2.21. The highest BCUT2D eigenvalue weighted by Crippen LogP contribution is 2.17. The molecule has 2 aromatic heterocycles. The highest BCUT2D eigenvalue weighted by atomic mass is 32.2. The maximum absolute atomic E-state index is 11.8. The van der Waals surface area contributed by atoms with Crippen molar-refractivity contribution in [1.29, 1.82) is 0 Å². The molecule has 0 spiro atoms. The Hall–Kier alpha value is -1.86. The molecule has 6 nitrogen and oxygen atoms in total. The van der Waals surface area contributed by atoms with Crippen molar-refractivity contribution < 1.29 is 12.8 Å². The minimum absolute atomic E-state index is 0.0551. The summed E-state index contributed by atoms with van der Waals surface area (Å²) in [6.45, 7) is 0.397. The summed E-state index contributed by atoms with van der Waals surface area (Å²) in [6.07, 6.45) is 3.36. The SMILES string of the molecule is CN(C)S(=O)(=O)c1ccc(CNc2cccnc2)o1. The van der Waals surface area contributed by atoms with Crippen LogP contribution in [-0.2, 0) is 16.6 Å². The quantitative estimate of drug-likeness (QED) is 0.899. The monoisotopic (exact) mass is 281 g/mol. The Morgan fingerprint density at radius 1 is 1.32 bits per heavy atom. The molecule has 0 aliphatic carbocycles. The van der Waals surface area contributed by atoms with Crippen LogP contribution in [0.3, 0.4) is 0 Å². The zero-order chi connectivity index (χ0) is 13.9. The summed E-state index contributed by atoms with van der Waals surface area (Å²) < 4.78 is 30.1. The Kier molecular flexibility index (Phi) is 3.87. The average Bonchev–Trinajstić information content (AvgIpc) is 2.87. The summed E-state index contributed by atoms with van der Waals surface area (Å²) in [5.74, 6) is 0.546. The molecule has 7 heteroatoms. The lowest BCUT2D eigenvalue weighted by atomic mass is 10.4. The predicted molar refractivity (Wildman–Crippen MR) is 71.1 cm³/mol. The summed E-state index contributed by atoms with van der Waals surface area (Å²) in [7, 11) is -0.585. The van der Waals surface area contributed by atoms with E-state index in [-0.39, 0.29) is 5.09 Å². The molecule has 0 saturated carbocycles. The number of sulfonamides is 1. The molecule has 0 atom stereocenters. The van der Waals surface area contributed by atoms with Crippen LogP contribution in [-0.4, -0.2) is 31.8 Å². The van der Waals surface area contributed by atoms with Crippen molar-refractivity contribution in [2.75, 3.05) is 19.4 Å². The molecule has 0 aromatic carbocycles. The van der Waals surface area contributed by atoms with Crippen LogP contribution in [0.1, 0.15) is 5.76 Å². The van der Waals surface area contributed by atoms with Gasteiger partial charge in [0.1, 0.15) is 5.76 Å². The van der Waals surface area contributed by atoms with E-state index in [9.17, 15) is 8.42 Å². The van der Waals surface area contributed by atoms with E-state index in [1.54, 1.807) is 18.5 Å². The van der Waals surface area contributed by atoms with E-state index < -0.39 is 10.0 Å². The Labute approximate surface area is 112 Å². The Balaban J connectivity index is 2.06. The largest absolute Gasteiger partial charge is 0.446 e. The molecule has 19 heavy (non-hydrogen) atoms. The fourth-order valence-corrected chi connectivity index (χ4v) is 2.24. The van der Waals surface area contributed by atoms with Gasteiger partial charge in [0.15, 0.2) is 0 Å².